The average molecular weight is 246 g/mol. The fraction of sp³-hybridized carbons (Fsp3) is 0.167. The number of nitrogen functional groups attached to an aromatic ring is 1. The molecule has 0 saturated heterocycles. The molecule has 0 atom stereocenters. The van der Waals surface area contributed by atoms with Crippen LogP contribution >= 0.6 is 0 Å². The molecule has 2 aromatic rings. The van der Waals surface area contributed by atoms with Crippen LogP contribution in [0.4, 0.5) is 17.1 Å². The molecule has 0 bridgehead atoms. The maximum Gasteiger partial charge on any atom is 0.337 e. The minimum absolute atomic E-state index is 0.174. The Labute approximate surface area is 104 Å². The number of aromatic nitrogens is 2. The van der Waals surface area contributed by atoms with Crippen LogP contribution in [0.3, 0.4) is 0 Å². The number of nitrogens with one attached hydrogen (secondary N) is 1. The molecule has 6 nitrogen and oxygen atoms in total. The molecule has 94 valence electrons. The summed E-state index contributed by atoms with van der Waals surface area (Å²) in [6, 6.07) is 4.63. The summed E-state index contributed by atoms with van der Waals surface area (Å²) in [6.07, 6.45) is 3.44. The summed E-state index contributed by atoms with van der Waals surface area (Å²) in [5.41, 5.74) is 7.52. The fourth-order valence-corrected chi connectivity index (χ4v) is 1.61. The van der Waals surface area contributed by atoms with Crippen molar-refractivity contribution in [3.63, 3.8) is 0 Å². The first-order chi connectivity index (χ1) is 8.60. The lowest BCUT2D eigenvalue weighted by Crippen LogP contribution is -2.03. The van der Waals surface area contributed by atoms with Crippen molar-refractivity contribution >= 4 is 23.0 Å². The van der Waals surface area contributed by atoms with E-state index in [1.165, 1.54) is 6.07 Å². The van der Waals surface area contributed by atoms with E-state index in [0.717, 1.165) is 12.2 Å². The monoisotopic (exact) mass is 246 g/mol. The molecule has 18 heavy (non-hydrogen) atoms. The van der Waals surface area contributed by atoms with Crippen LogP contribution in [0.1, 0.15) is 17.3 Å². The van der Waals surface area contributed by atoms with E-state index in [1.807, 2.05) is 6.92 Å². The van der Waals surface area contributed by atoms with Gasteiger partial charge in [0.1, 0.15) is 0 Å². The number of carbonyl (C=O) groups is 1. The molecule has 1 aromatic heterocycles. The fourth-order valence-electron chi connectivity index (χ4n) is 1.61. The molecule has 0 aliphatic carbocycles. The third-order valence-electron chi connectivity index (χ3n) is 2.51. The first-order valence-electron chi connectivity index (χ1n) is 5.52. The van der Waals surface area contributed by atoms with Crippen molar-refractivity contribution in [2.75, 3.05) is 11.1 Å². The number of aryl methyl sites for hydroxylation is 1. The first kappa shape index (κ1) is 12.0. The van der Waals surface area contributed by atoms with Crippen LogP contribution in [0.15, 0.2) is 30.6 Å². The van der Waals surface area contributed by atoms with E-state index in [4.69, 9.17) is 10.8 Å². The molecule has 0 amide bonds. The van der Waals surface area contributed by atoms with Gasteiger partial charge in [-0.25, -0.2) is 4.79 Å². The van der Waals surface area contributed by atoms with E-state index in [0.29, 0.717) is 11.4 Å². The predicted octanol–water partition coefficient (Wildman–Crippen LogP) is 1.93. The second kappa shape index (κ2) is 4.79. The molecular weight excluding hydrogens is 232 g/mol. The summed E-state index contributed by atoms with van der Waals surface area (Å²) in [4.78, 5) is 11.1. The Balaban J connectivity index is 2.32. The number of carboxylic acid groups (broad SMARTS) is 1. The predicted molar refractivity (Wildman–Crippen MR) is 69.0 cm³/mol. The number of benzene rings is 1. The van der Waals surface area contributed by atoms with Crippen LogP contribution in [0.2, 0.25) is 0 Å². The molecule has 0 unspecified atom stereocenters. The van der Waals surface area contributed by atoms with E-state index in [-0.39, 0.29) is 5.56 Å². The highest BCUT2D eigenvalue weighted by molar-refractivity contribution is 5.96. The molecule has 6 heteroatoms. The number of hydrogen-bond acceptors (Lipinski definition) is 4. The third kappa shape index (κ3) is 2.42. The lowest BCUT2D eigenvalue weighted by Gasteiger charge is -2.08. The molecule has 0 spiro atoms. The van der Waals surface area contributed by atoms with E-state index < -0.39 is 5.97 Å². The Morgan fingerprint density at radius 1 is 1.56 bits per heavy atom. The van der Waals surface area contributed by atoms with Gasteiger partial charge in [-0.3, -0.25) is 4.68 Å². The third-order valence-corrected chi connectivity index (χ3v) is 2.51. The zero-order valence-electron chi connectivity index (χ0n) is 9.92. The number of nitrogens with two attached hydrogens (primary N) is 1. The van der Waals surface area contributed by atoms with Gasteiger partial charge in [0.05, 0.1) is 23.1 Å². The average Bonchev–Trinajstić information content (AvgIpc) is 2.76. The van der Waals surface area contributed by atoms with Crippen molar-refractivity contribution in [1.82, 2.24) is 9.78 Å². The molecule has 1 aromatic carbocycles. The van der Waals surface area contributed by atoms with Gasteiger partial charge in [0.25, 0.3) is 0 Å². The van der Waals surface area contributed by atoms with Crippen LogP contribution in [-0.4, -0.2) is 20.9 Å². The van der Waals surface area contributed by atoms with Gasteiger partial charge in [0.2, 0.25) is 0 Å². The number of hydrogen-bond donors (Lipinski definition) is 3. The van der Waals surface area contributed by atoms with Crippen LogP contribution in [0.25, 0.3) is 0 Å². The standard InChI is InChI=1S/C12H14N4O2/c1-2-16-7-9(6-14-16)15-11-5-8(13)3-4-10(11)12(17)18/h3-7,15H,2,13H2,1H3,(H,17,18). The highest BCUT2D eigenvalue weighted by Crippen LogP contribution is 2.23. The summed E-state index contributed by atoms with van der Waals surface area (Å²) < 4.78 is 1.75. The van der Waals surface area contributed by atoms with Gasteiger partial charge in [-0.2, -0.15) is 5.10 Å². The van der Waals surface area contributed by atoms with Crippen molar-refractivity contribution in [3.8, 4) is 0 Å². The van der Waals surface area contributed by atoms with Gasteiger partial charge in [-0.1, -0.05) is 0 Å². The Bertz CT molecular complexity index is 577. The molecule has 4 N–H and O–H groups in total. The molecule has 0 radical (unpaired) electrons. The van der Waals surface area contributed by atoms with Gasteiger partial charge in [0.15, 0.2) is 0 Å². The minimum Gasteiger partial charge on any atom is -0.478 e. The topological polar surface area (TPSA) is 93.2 Å². The van der Waals surface area contributed by atoms with Crippen molar-refractivity contribution in [3.05, 3.63) is 36.2 Å². The second-order valence-corrected chi connectivity index (χ2v) is 3.82. The normalized spacial score (nSPS) is 10.3. The number of nitrogens with zero attached hydrogens (tertiary/aromatic N) is 2. The SMILES string of the molecule is CCn1cc(Nc2cc(N)ccc2C(=O)O)cn1. The van der Waals surface area contributed by atoms with Crippen LogP contribution in [-0.2, 0) is 6.54 Å². The molecule has 0 aliphatic heterocycles. The summed E-state index contributed by atoms with van der Waals surface area (Å²) in [5, 5.41) is 16.2. The van der Waals surface area contributed by atoms with E-state index in [2.05, 4.69) is 10.4 Å². The van der Waals surface area contributed by atoms with Gasteiger partial charge in [0, 0.05) is 18.4 Å². The molecule has 0 saturated carbocycles. The Kier molecular flexibility index (Phi) is 3.18. The summed E-state index contributed by atoms with van der Waals surface area (Å²) in [6.45, 7) is 2.73. The first-order valence-corrected chi connectivity index (χ1v) is 5.52. The Morgan fingerprint density at radius 3 is 2.94 bits per heavy atom. The smallest absolute Gasteiger partial charge is 0.337 e. The minimum atomic E-state index is -1.000. The van der Waals surface area contributed by atoms with Gasteiger partial charge in [-0.15, -0.1) is 0 Å². The number of aromatic carboxylic acids is 1. The quantitative estimate of drug-likeness (QED) is 0.717. The molecule has 0 aliphatic rings. The van der Waals surface area contributed by atoms with Crippen molar-refractivity contribution in [2.45, 2.75) is 13.5 Å². The molecule has 1 heterocycles. The Hall–Kier alpha value is -2.50. The van der Waals surface area contributed by atoms with Crippen molar-refractivity contribution in [1.29, 1.82) is 0 Å². The highest BCUT2D eigenvalue weighted by atomic mass is 16.4. The second-order valence-electron chi connectivity index (χ2n) is 3.82. The number of rotatable bonds is 4. The lowest BCUT2D eigenvalue weighted by atomic mass is 10.1. The van der Waals surface area contributed by atoms with Gasteiger partial charge >= 0.3 is 5.97 Å². The zero-order valence-corrected chi connectivity index (χ0v) is 9.92. The van der Waals surface area contributed by atoms with Gasteiger partial charge < -0.3 is 16.2 Å². The summed E-state index contributed by atoms with van der Waals surface area (Å²) >= 11 is 0. The van der Waals surface area contributed by atoms with Crippen molar-refractivity contribution in [2.24, 2.45) is 0 Å². The van der Waals surface area contributed by atoms with E-state index >= 15 is 0 Å². The number of carboxylic acids is 1. The van der Waals surface area contributed by atoms with Crippen LogP contribution in [0.5, 0.6) is 0 Å². The highest BCUT2D eigenvalue weighted by Gasteiger charge is 2.11. The van der Waals surface area contributed by atoms with Gasteiger partial charge in [-0.05, 0) is 25.1 Å². The maximum atomic E-state index is 11.1. The molecule has 0 fully saturated rings. The molecule has 2 rings (SSSR count). The Morgan fingerprint density at radius 2 is 2.33 bits per heavy atom. The maximum absolute atomic E-state index is 11.1. The van der Waals surface area contributed by atoms with E-state index in [9.17, 15) is 4.79 Å². The largest absolute Gasteiger partial charge is 0.478 e. The summed E-state index contributed by atoms with van der Waals surface area (Å²) in [7, 11) is 0. The van der Waals surface area contributed by atoms with Crippen molar-refractivity contribution < 1.29 is 9.90 Å². The lowest BCUT2D eigenvalue weighted by molar-refractivity contribution is 0.0698. The zero-order chi connectivity index (χ0) is 13.1. The molecular formula is C12H14N4O2. The van der Waals surface area contributed by atoms with E-state index in [1.54, 1.807) is 29.2 Å². The van der Waals surface area contributed by atoms with Crippen LogP contribution in [0, 0.1) is 0 Å². The number of anilines is 3. The summed E-state index contributed by atoms with van der Waals surface area (Å²) in [5.74, 6) is -1.000. The van der Waals surface area contributed by atoms with Crippen LogP contribution < -0.4 is 11.1 Å².